The summed E-state index contributed by atoms with van der Waals surface area (Å²) in [6, 6.07) is 11.3. The van der Waals surface area contributed by atoms with Crippen LogP contribution in [0.15, 0.2) is 55.0 Å². The van der Waals surface area contributed by atoms with Gasteiger partial charge in [0.05, 0.1) is 0 Å². The van der Waals surface area contributed by atoms with Crippen LogP contribution in [0, 0.1) is 12.7 Å². The maximum absolute atomic E-state index is 13.5. The molecular formula is C21H23FN4. The van der Waals surface area contributed by atoms with Crippen molar-refractivity contribution in [2.45, 2.75) is 32.4 Å². The SMILES string of the molecule is Cc1cnc(-c2ccncc2)n1C1CCCN(Cc2cccc(F)c2)C1. The summed E-state index contributed by atoms with van der Waals surface area (Å²) in [5.74, 6) is 0.837. The Morgan fingerprint density at radius 3 is 2.85 bits per heavy atom. The molecule has 26 heavy (non-hydrogen) atoms. The number of benzene rings is 1. The number of halogens is 1. The second-order valence-corrected chi connectivity index (χ2v) is 6.99. The zero-order valence-corrected chi connectivity index (χ0v) is 15.0. The summed E-state index contributed by atoms with van der Waals surface area (Å²) < 4.78 is 15.8. The normalized spacial score (nSPS) is 18.2. The average molecular weight is 350 g/mol. The van der Waals surface area contributed by atoms with Crippen LogP contribution in [-0.2, 0) is 6.54 Å². The van der Waals surface area contributed by atoms with Crippen LogP contribution in [0.1, 0.15) is 30.1 Å². The van der Waals surface area contributed by atoms with Crippen LogP contribution in [0.5, 0.6) is 0 Å². The molecule has 0 bridgehead atoms. The molecule has 1 unspecified atom stereocenters. The van der Waals surface area contributed by atoms with Gasteiger partial charge in [0.1, 0.15) is 11.6 Å². The number of hydrogen-bond donors (Lipinski definition) is 0. The number of hydrogen-bond acceptors (Lipinski definition) is 3. The van der Waals surface area contributed by atoms with E-state index in [-0.39, 0.29) is 5.82 Å². The monoisotopic (exact) mass is 350 g/mol. The average Bonchev–Trinajstić information content (AvgIpc) is 3.04. The highest BCUT2D eigenvalue weighted by molar-refractivity contribution is 5.55. The summed E-state index contributed by atoms with van der Waals surface area (Å²) >= 11 is 0. The van der Waals surface area contributed by atoms with Crippen molar-refractivity contribution in [3.05, 3.63) is 72.1 Å². The Labute approximate surface area is 153 Å². The van der Waals surface area contributed by atoms with Crippen LogP contribution >= 0.6 is 0 Å². The summed E-state index contributed by atoms with van der Waals surface area (Å²) in [4.78, 5) is 11.2. The van der Waals surface area contributed by atoms with E-state index in [0.29, 0.717) is 6.04 Å². The molecule has 1 atom stereocenters. The van der Waals surface area contributed by atoms with E-state index in [2.05, 4.69) is 26.4 Å². The minimum absolute atomic E-state index is 0.165. The lowest BCUT2D eigenvalue weighted by Gasteiger charge is -2.34. The van der Waals surface area contributed by atoms with Crippen molar-refractivity contribution in [3.63, 3.8) is 0 Å². The van der Waals surface area contributed by atoms with Crippen molar-refractivity contribution in [2.24, 2.45) is 0 Å². The lowest BCUT2D eigenvalue weighted by Crippen LogP contribution is -2.36. The van der Waals surface area contributed by atoms with Gasteiger partial charge in [-0.05, 0) is 56.1 Å². The van der Waals surface area contributed by atoms with Crippen molar-refractivity contribution >= 4 is 0 Å². The van der Waals surface area contributed by atoms with Gasteiger partial charge < -0.3 is 4.57 Å². The summed E-state index contributed by atoms with van der Waals surface area (Å²) in [6.07, 6.45) is 7.82. The molecule has 134 valence electrons. The van der Waals surface area contributed by atoms with Crippen molar-refractivity contribution in [3.8, 4) is 11.4 Å². The Balaban J connectivity index is 1.56. The number of imidazole rings is 1. The first-order valence-corrected chi connectivity index (χ1v) is 9.12. The fourth-order valence-corrected chi connectivity index (χ4v) is 3.90. The molecule has 3 aromatic rings. The number of rotatable bonds is 4. The quantitative estimate of drug-likeness (QED) is 0.706. The smallest absolute Gasteiger partial charge is 0.140 e. The molecule has 1 saturated heterocycles. The molecule has 3 heterocycles. The first kappa shape index (κ1) is 16.9. The number of aryl methyl sites for hydroxylation is 1. The molecule has 1 aliphatic heterocycles. The molecule has 4 rings (SSSR count). The Kier molecular flexibility index (Phi) is 4.80. The second kappa shape index (κ2) is 7.38. The number of pyridine rings is 1. The van der Waals surface area contributed by atoms with Gasteiger partial charge in [-0.25, -0.2) is 9.37 Å². The Morgan fingerprint density at radius 1 is 1.19 bits per heavy atom. The zero-order chi connectivity index (χ0) is 17.9. The highest BCUT2D eigenvalue weighted by Crippen LogP contribution is 2.29. The van der Waals surface area contributed by atoms with E-state index in [1.54, 1.807) is 24.5 Å². The lowest BCUT2D eigenvalue weighted by molar-refractivity contribution is 0.170. The number of nitrogens with zero attached hydrogens (tertiary/aromatic N) is 4. The predicted molar refractivity (Wildman–Crippen MR) is 100 cm³/mol. The maximum atomic E-state index is 13.5. The van der Waals surface area contributed by atoms with Crippen molar-refractivity contribution in [2.75, 3.05) is 13.1 Å². The van der Waals surface area contributed by atoms with Crippen molar-refractivity contribution in [1.82, 2.24) is 19.4 Å². The first-order valence-electron chi connectivity index (χ1n) is 9.12. The lowest BCUT2D eigenvalue weighted by atomic mass is 10.0. The largest absolute Gasteiger partial charge is 0.324 e. The highest BCUT2D eigenvalue weighted by atomic mass is 19.1. The molecule has 2 aromatic heterocycles. The minimum atomic E-state index is -0.165. The van der Waals surface area contributed by atoms with Gasteiger partial charge in [0, 0.05) is 49.0 Å². The van der Waals surface area contributed by atoms with Gasteiger partial charge >= 0.3 is 0 Å². The molecule has 1 fully saturated rings. The van der Waals surface area contributed by atoms with Crippen LogP contribution < -0.4 is 0 Å². The van der Waals surface area contributed by atoms with Crippen molar-refractivity contribution < 1.29 is 4.39 Å². The standard InChI is InChI=1S/C21H23FN4/c1-16-13-24-21(18-7-9-23-10-8-18)26(16)20-6-3-11-25(15-20)14-17-4-2-5-19(22)12-17/h2,4-5,7-10,12-13,20H,3,6,11,14-15H2,1H3. The van der Waals surface area contributed by atoms with Crippen LogP contribution in [-0.4, -0.2) is 32.5 Å². The molecule has 1 aliphatic rings. The van der Waals surface area contributed by atoms with Gasteiger partial charge in [0.15, 0.2) is 0 Å². The fourth-order valence-electron chi connectivity index (χ4n) is 3.90. The number of piperidine rings is 1. The molecule has 0 radical (unpaired) electrons. The van der Waals surface area contributed by atoms with Gasteiger partial charge in [-0.1, -0.05) is 12.1 Å². The third-order valence-electron chi connectivity index (χ3n) is 5.06. The second-order valence-electron chi connectivity index (χ2n) is 6.99. The third-order valence-corrected chi connectivity index (χ3v) is 5.06. The van der Waals surface area contributed by atoms with Crippen LogP contribution in [0.25, 0.3) is 11.4 Å². The summed E-state index contributed by atoms with van der Waals surface area (Å²) in [6.45, 7) is 4.90. The van der Waals surface area contributed by atoms with E-state index in [9.17, 15) is 4.39 Å². The van der Waals surface area contributed by atoms with Crippen LogP contribution in [0.4, 0.5) is 4.39 Å². The number of likely N-dealkylation sites (tertiary alicyclic amines) is 1. The summed E-state index contributed by atoms with van der Waals surface area (Å²) in [5, 5.41) is 0. The minimum Gasteiger partial charge on any atom is -0.324 e. The third kappa shape index (κ3) is 3.53. The van der Waals surface area contributed by atoms with Gasteiger partial charge in [-0.15, -0.1) is 0 Å². The van der Waals surface area contributed by atoms with Crippen molar-refractivity contribution in [1.29, 1.82) is 0 Å². The van der Waals surface area contributed by atoms with Gasteiger partial charge in [-0.3, -0.25) is 9.88 Å². The summed E-state index contributed by atoms with van der Waals surface area (Å²) in [5.41, 5.74) is 3.30. The van der Waals surface area contributed by atoms with E-state index in [1.165, 1.54) is 11.8 Å². The van der Waals surface area contributed by atoms with E-state index in [1.807, 2.05) is 24.4 Å². The zero-order valence-electron chi connectivity index (χ0n) is 15.0. The van der Waals surface area contributed by atoms with Gasteiger partial charge in [-0.2, -0.15) is 0 Å². The van der Waals surface area contributed by atoms with Gasteiger partial charge in [0.25, 0.3) is 0 Å². The molecule has 0 saturated carbocycles. The molecule has 1 aromatic carbocycles. The van der Waals surface area contributed by atoms with Crippen LogP contribution in [0.2, 0.25) is 0 Å². The molecule has 0 spiro atoms. The fraction of sp³-hybridized carbons (Fsp3) is 0.333. The number of aromatic nitrogens is 3. The molecule has 0 N–H and O–H groups in total. The Hall–Kier alpha value is -2.53. The molecular weight excluding hydrogens is 327 g/mol. The molecule has 4 nitrogen and oxygen atoms in total. The summed E-state index contributed by atoms with van der Waals surface area (Å²) in [7, 11) is 0. The van der Waals surface area contributed by atoms with E-state index >= 15 is 0 Å². The molecule has 5 heteroatoms. The maximum Gasteiger partial charge on any atom is 0.140 e. The predicted octanol–water partition coefficient (Wildman–Crippen LogP) is 4.23. The topological polar surface area (TPSA) is 34.0 Å². The van der Waals surface area contributed by atoms with Crippen LogP contribution in [0.3, 0.4) is 0 Å². The highest BCUT2D eigenvalue weighted by Gasteiger charge is 2.25. The molecule has 0 aliphatic carbocycles. The Bertz CT molecular complexity index is 875. The van der Waals surface area contributed by atoms with Gasteiger partial charge in [0.2, 0.25) is 0 Å². The van der Waals surface area contributed by atoms with E-state index < -0.39 is 0 Å². The van der Waals surface area contributed by atoms with E-state index in [4.69, 9.17) is 0 Å². The Morgan fingerprint density at radius 2 is 2.04 bits per heavy atom. The first-order chi connectivity index (χ1) is 12.7. The van der Waals surface area contributed by atoms with E-state index in [0.717, 1.165) is 49.4 Å². The molecule has 0 amide bonds.